The van der Waals surface area contributed by atoms with Crippen LogP contribution in [-0.4, -0.2) is 11.0 Å². The summed E-state index contributed by atoms with van der Waals surface area (Å²) in [5.41, 5.74) is 1.01. The van der Waals surface area contributed by atoms with Gasteiger partial charge in [-0.25, -0.2) is 4.98 Å². The molecule has 1 aliphatic carbocycles. The number of aryl methyl sites for hydroxylation is 2. The summed E-state index contributed by atoms with van der Waals surface area (Å²) in [6.45, 7) is 7.04. The molecule has 2 unspecified atom stereocenters. The minimum Gasteiger partial charge on any atom is -0.444 e. The zero-order valence-corrected chi connectivity index (χ0v) is 9.84. The van der Waals surface area contributed by atoms with Gasteiger partial charge in [-0.15, -0.1) is 0 Å². The Kier molecular flexibility index (Phi) is 3.10. The monoisotopic (exact) mass is 208 g/mol. The summed E-state index contributed by atoms with van der Waals surface area (Å²) in [6.07, 6.45) is 3.93. The lowest BCUT2D eigenvalue weighted by Gasteiger charge is -2.09. The van der Waals surface area contributed by atoms with Crippen LogP contribution in [0, 0.1) is 19.8 Å². The molecule has 3 heteroatoms. The van der Waals surface area contributed by atoms with E-state index in [1.54, 1.807) is 0 Å². The summed E-state index contributed by atoms with van der Waals surface area (Å²) >= 11 is 0. The van der Waals surface area contributed by atoms with Gasteiger partial charge in [-0.3, -0.25) is 0 Å². The van der Waals surface area contributed by atoms with Gasteiger partial charge in [0, 0.05) is 6.04 Å². The second kappa shape index (κ2) is 4.35. The molecule has 0 bridgehead atoms. The second-order valence-corrected chi connectivity index (χ2v) is 4.75. The van der Waals surface area contributed by atoms with E-state index in [1.807, 2.05) is 13.8 Å². The first-order valence-electron chi connectivity index (χ1n) is 5.81. The Morgan fingerprint density at radius 1 is 1.40 bits per heavy atom. The largest absolute Gasteiger partial charge is 0.444 e. The fourth-order valence-corrected chi connectivity index (χ4v) is 2.24. The number of nitrogens with one attached hydrogen (secondary N) is 1. The summed E-state index contributed by atoms with van der Waals surface area (Å²) in [7, 11) is 0. The highest BCUT2D eigenvalue weighted by atomic mass is 16.4. The lowest BCUT2D eigenvalue weighted by Crippen LogP contribution is -2.25. The van der Waals surface area contributed by atoms with Gasteiger partial charge < -0.3 is 9.73 Å². The molecule has 84 valence electrons. The molecular weight excluding hydrogens is 188 g/mol. The molecule has 3 nitrogen and oxygen atoms in total. The molecule has 15 heavy (non-hydrogen) atoms. The molecule has 1 fully saturated rings. The van der Waals surface area contributed by atoms with E-state index in [0.29, 0.717) is 6.04 Å². The van der Waals surface area contributed by atoms with Crippen molar-refractivity contribution in [2.24, 2.45) is 5.92 Å². The molecule has 1 aromatic rings. The van der Waals surface area contributed by atoms with Crippen molar-refractivity contribution in [1.29, 1.82) is 0 Å². The van der Waals surface area contributed by atoms with Crippen LogP contribution in [-0.2, 0) is 6.54 Å². The van der Waals surface area contributed by atoms with Crippen LogP contribution in [0.2, 0.25) is 0 Å². The van der Waals surface area contributed by atoms with Crippen molar-refractivity contribution >= 4 is 0 Å². The zero-order chi connectivity index (χ0) is 10.8. The molecule has 1 aliphatic rings. The van der Waals surface area contributed by atoms with Crippen LogP contribution in [0.4, 0.5) is 0 Å². The molecule has 0 aliphatic heterocycles. The molecule has 2 rings (SSSR count). The number of hydrogen-bond acceptors (Lipinski definition) is 3. The van der Waals surface area contributed by atoms with Gasteiger partial charge in [0.25, 0.3) is 0 Å². The van der Waals surface area contributed by atoms with Crippen molar-refractivity contribution in [1.82, 2.24) is 10.3 Å². The van der Waals surface area contributed by atoms with Gasteiger partial charge in [0.15, 0.2) is 0 Å². The van der Waals surface area contributed by atoms with E-state index < -0.39 is 0 Å². The Hall–Kier alpha value is -0.830. The third-order valence-corrected chi connectivity index (χ3v) is 3.31. The predicted molar refractivity (Wildman–Crippen MR) is 59.6 cm³/mol. The zero-order valence-electron chi connectivity index (χ0n) is 9.84. The molecule has 2 atom stereocenters. The smallest absolute Gasteiger partial charge is 0.208 e. The highest BCUT2D eigenvalue weighted by molar-refractivity contribution is 5.05. The van der Waals surface area contributed by atoms with Gasteiger partial charge in [-0.1, -0.05) is 6.92 Å². The van der Waals surface area contributed by atoms with Gasteiger partial charge in [-0.05, 0) is 39.0 Å². The molecule has 1 saturated carbocycles. The van der Waals surface area contributed by atoms with Crippen LogP contribution in [0.1, 0.15) is 43.5 Å². The van der Waals surface area contributed by atoms with Gasteiger partial charge in [-0.2, -0.15) is 0 Å². The average Bonchev–Trinajstić information content (AvgIpc) is 2.72. The Morgan fingerprint density at radius 3 is 2.73 bits per heavy atom. The topological polar surface area (TPSA) is 38.1 Å². The molecule has 0 radical (unpaired) electrons. The van der Waals surface area contributed by atoms with Crippen LogP contribution >= 0.6 is 0 Å². The molecule has 1 N–H and O–H groups in total. The molecular formula is C12H20N2O. The molecule has 0 spiro atoms. The molecule has 1 aromatic heterocycles. The summed E-state index contributed by atoms with van der Waals surface area (Å²) in [6, 6.07) is 0.660. The minimum absolute atomic E-state index is 0.660. The first-order chi connectivity index (χ1) is 7.15. The van der Waals surface area contributed by atoms with E-state index in [0.717, 1.165) is 29.8 Å². The third kappa shape index (κ3) is 2.59. The van der Waals surface area contributed by atoms with E-state index in [2.05, 4.69) is 17.2 Å². The number of aromatic nitrogens is 1. The quantitative estimate of drug-likeness (QED) is 0.829. The maximum Gasteiger partial charge on any atom is 0.208 e. The lowest BCUT2D eigenvalue weighted by atomic mass is 10.1. The van der Waals surface area contributed by atoms with Crippen LogP contribution in [0.25, 0.3) is 0 Å². The Labute approximate surface area is 91.3 Å². The van der Waals surface area contributed by atoms with Crippen molar-refractivity contribution in [3.05, 3.63) is 17.3 Å². The Morgan fingerprint density at radius 2 is 2.20 bits per heavy atom. The van der Waals surface area contributed by atoms with Crippen molar-refractivity contribution < 1.29 is 4.42 Å². The van der Waals surface area contributed by atoms with E-state index in [9.17, 15) is 0 Å². The summed E-state index contributed by atoms with van der Waals surface area (Å²) in [5, 5.41) is 3.51. The second-order valence-electron chi connectivity index (χ2n) is 4.75. The minimum atomic E-state index is 0.660. The van der Waals surface area contributed by atoms with E-state index >= 15 is 0 Å². The average molecular weight is 208 g/mol. The van der Waals surface area contributed by atoms with Crippen LogP contribution in [0.15, 0.2) is 4.42 Å². The number of hydrogen-bond donors (Lipinski definition) is 1. The SMILES string of the molecule is Cc1nc(CNC2CCC(C)C2)oc1C. The van der Waals surface area contributed by atoms with E-state index in [4.69, 9.17) is 4.42 Å². The van der Waals surface area contributed by atoms with E-state index in [1.165, 1.54) is 19.3 Å². The van der Waals surface area contributed by atoms with Gasteiger partial charge in [0.2, 0.25) is 5.89 Å². The number of rotatable bonds is 3. The normalized spacial score (nSPS) is 26.1. The van der Waals surface area contributed by atoms with Gasteiger partial charge in [0.05, 0.1) is 12.2 Å². The molecule has 0 amide bonds. The summed E-state index contributed by atoms with van der Waals surface area (Å²) in [4.78, 5) is 4.36. The fraction of sp³-hybridized carbons (Fsp3) is 0.750. The van der Waals surface area contributed by atoms with Crippen molar-refractivity contribution in [2.75, 3.05) is 0 Å². The Balaban J connectivity index is 1.83. The van der Waals surface area contributed by atoms with Crippen LogP contribution in [0.5, 0.6) is 0 Å². The Bertz CT molecular complexity index is 313. The number of oxazole rings is 1. The van der Waals surface area contributed by atoms with Crippen molar-refractivity contribution in [2.45, 2.75) is 52.6 Å². The van der Waals surface area contributed by atoms with E-state index in [-0.39, 0.29) is 0 Å². The summed E-state index contributed by atoms with van der Waals surface area (Å²) in [5.74, 6) is 2.63. The predicted octanol–water partition coefficient (Wildman–Crippen LogP) is 2.57. The maximum absolute atomic E-state index is 5.53. The van der Waals surface area contributed by atoms with Gasteiger partial charge in [0.1, 0.15) is 5.76 Å². The van der Waals surface area contributed by atoms with Crippen molar-refractivity contribution in [3.8, 4) is 0 Å². The van der Waals surface area contributed by atoms with Gasteiger partial charge >= 0.3 is 0 Å². The van der Waals surface area contributed by atoms with Crippen molar-refractivity contribution in [3.63, 3.8) is 0 Å². The first kappa shape index (κ1) is 10.7. The van der Waals surface area contributed by atoms with Crippen LogP contribution in [0.3, 0.4) is 0 Å². The molecule has 1 heterocycles. The maximum atomic E-state index is 5.53. The first-order valence-corrected chi connectivity index (χ1v) is 5.81. The summed E-state index contributed by atoms with van der Waals surface area (Å²) < 4.78 is 5.53. The number of nitrogens with zero attached hydrogens (tertiary/aromatic N) is 1. The highest BCUT2D eigenvalue weighted by Crippen LogP contribution is 2.24. The molecule has 0 aromatic carbocycles. The lowest BCUT2D eigenvalue weighted by molar-refractivity contribution is 0.417. The van der Waals surface area contributed by atoms with Crippen LogP contribution < -0.4 is 5.32 Å². The molecule has 0 saturated heterocycles. The third-order valence-electron chi connectivity index (χ3n) is 3.31. The highest BCUT2D eigenvalue weighted by Gasteiger charge is 2.21. The fourth-order valence-electron chi connectivity index (χ4n) is 2.24. The standard InChI is InChI=1S/C12H20N2O/c1-8-4-5-11(6-8)13-7-12-14-9(2)10(3)15-12/h8,11,13H,4-7H2,1-3H3.